The van der Waals surface area contributed by atoms with Crippen LogP contribution >= 0.6 is 11.8 Å². The number of amides is 4. The molecule has 0 spiro atoms. The lowest BCUT2D eigenvalue weighted by Gasteiger charge is -2.27. The van der Waals surface area contributed by atoms with Crippen LogP contribution in [0.15, 0.2) is 65.8 Å². The molecule has 4 rings (SSSR count). The van der Waals surface area contributed by atoms with Gasteiger partial charge in [-0.05, 0) is 11.1 Å². The lowest BCUT2D eigenvalue weighted by molar-refractivity contribution is -0.137. The molecule has 0 aliphatic carbocycles. The van der Waals surface area contributed by atoms with Crippen LogP contribution in [0.4, 0.5) is 10.7 Å². The van der Waals surface area contributed by atoms with E-state index in [4.69, 9.17) is 5.73 Å². The van der Waals surface area contributed by atoms with Gasteiger partial charge in [-0.25, -0.2) is 9.89 Å². The van der Waals surface area contributed by atoms with E-state index in [1.165, 1.54) is 0 Å². The number of carbonyl (C=O) groups excluding carboxylic acids is 3. The number of imide groups is 1. The van der Waals surface area contributed by atoms with Crippen molar-refractivity contribution >= 4 is 35.6 Å². The van der Waals surface area contributed by atoms with Crippen LogP contribution in [-0.4, -0.2) is 43.8 Å². The Bertz CT molecular complexity index is 1050. The number of carbonyl (C=O) groups is 3. The summed E-state index contributed by atoms with van der Waals surface area (Å²) in [4.78, 5) is 42.3. The molecule has 3 aromatic rings. The smallest absolute Gasteiger partial charge is 0.344 e. The summed E-state index contributed by atoms with van der Waals surface area (Å²) >= 11 is 1.01. The highest BCUT2D eigenvalue weighted by Crippen LogP contribution is 2.35. The highest BCUT2D eigenvalue weighted by atomic mass is 32.2. The summed E-state index contributed by atoms with van der Waals surface area (Å²) in [7, 11) is 0. The number of aromatic nitrogens is 3. The number of nitrogens with two attached hydrogens (primary N) is 1. The Morgan fingerprint density at radius 1 is 1.07 bits per heavy atom. The van der Waals surface area contributed by atoms with Gasteiger partial charge in [0.05, 0.1) is 5.75 Å². The van der Waals surface area contributed by atoms with E-state index in [1.54, 1.807) is 48.5 Å². The van der Waals surface area contributed by atoms with E-state index < -0.39 is 23.4 Å². The van der Waals surface area contributed by atoms with Crippen LogP contribution in [-0.2, 0) is 15.1 Å². The summed E-state index contributed by atoms with van der Waals surface area (Å²) < 4.78 is 0. The number of thioether (sulfide) groups is 1. The largest absolute Gasteiger partial charge is 0.368 e. The number of anilines is 1. The minimum absolute atomic E-state index is 0.113. The third-order valence-corrected chi connectivity index (χ3v) is 5.33. The van der Waals surface area contributed by atoms with Crippen molar-refractivity contribution in [2.24, 2.45) is 0 Å². The zero-order valence-electron chi connectivity index (χ0n) is 15.5. The van der Waals surface area contributed by atoms with E-state index in [2.05, 4.69) is 25.9 Å². The zero-order valence-corrected chi connectivity index (χ0v) is 16.3. The Kier molecular flexibility index (Phi) is 5.11. The van der Waals surface area contributed by atoms with Crippen LogP contribution in [0.3, 0.4) is 0 Å². The number of hydrogen-bond donors (Lipinski definition) is 4. The monoisotopic (exact) mass is 423 g/mol. The van der Waals surface area contributed by atoms with Gasteiger partial charge in [0.15, 0.2) is 5.54 Å². The molecule has 152 valence electrons. The second kappa shape index (κ2) is 7.87. The fourth-order valence-electron chi connectivity index (χ4n) is 3.18. The van der Waals surface area contributed by atoms with Gasteiger partial charge in [0.2, 0.25) is 17.0 Å². The number of nitrogens with one attached hydrogen (secondary N) is 3. The summed E-state index contributed by atoms with van der Waals surface area (Å²) in [6.45, 7) is 0. The number of H-pyrrole nitrogens is 1. The molecule has 1 aliphatic heterocycles. The SMILES string of the molecule is Nc1nc(SCC(=O)NN2C(=O)NC(c3ccccc3)(c3ccccc3)C2=O)n[nH]1. The molecular formula is C19H17N7O3S. The molecule has 0 atom stereocenters. The molecule has 5 N–H and O–H groups in total. The summed E-state index contributed by atoms with van der Waals surface area (Å²) in [5.74, 6) is -1.16. The predicted molar refractivity (Wildman–Crippen MR) is 109 cm³/mol. The van der Waals surface area contributed by atoms with E-state index in [9.17, 15) is 14.4 Å². The van der Waals surface area contributed by atoms with Crippen molar-refractivity contribution in [3.05, 3.63) is 71.8 Å². The quantitative estimate of drug-likeness (QED) is 0.342. The van der Waals surface area contributed by atoms with Crippen LogP contribution in [0.25, 0.3) is 0 Å². The first-order valence-corrected chi connectivity index (χ1v) is 9.87. The molecule has 2 aromatic carbocycles. The second-order valence-corrected chi connectivity index (χ2v) is 7.32. The van der Waals surface area contributed by atoms with Crippen molar-refractivity contribution in [3.63, 3.8) is 0 Å². The lowest BCUT2D eigenvalue weighted by atomic mass is 9.83. The Morgan fingerprint density at radius 2 is 1.67 bits per heavy atom. The molecule has 30 heavy (non-hydrogen) atoms. The van der Waals surface area contributed by atoms with Gasteiger partial charge in [-0.2, -0.15) is 9.99 Å². The van der Waals surface area contributed by atoms with Gasteiger partial charge >= 0.3 is 6.03 Å². The van der Waals surface area contributed by atoms with Crippen LogP contribution in [0.5, 0.6) is 0 Å². The number of urea groups is 1. The molecule has 11 heteroatoms. The topological polar surface area (TPSA) is 146 Å². The van der Waals surface area contributed by atoms with Gasteiger partial charge in [-0.15, -0.1) is 5.10 Å². The van der Waals surface area contributed by atoms with Crippen LogP contribution in [0.2, 0.25) is 0 Å². The molecule has 0 bridgehead atoms. The van der Waals surface area contributed by atoms with Gasteiger partial charge in [-0.3, -0.25) is 15.0 Å². The minimum Gasteiger partial charge on any atom is -0.368 e. The van der Waals surface area contributed by atoms with Gasteiger partial charge in [-0.1, -0.05) is 72.4 Å². The van der Waals surface area contributed by atoms with Gasteiger partial charge in [0.1, 0.15) is 0 Å². The minimum atomic E-state index is -1.45. The third kappa shape index (κ3) is 3.46. The zero-order chi connectivity index (χ0) is 21.1. The van der Waals surface area contributed by atoms with E-state index in [0.717, 1.165) is 11.8 Å². The first-order valence-electron chi connectivity index (χ1n) is 8.88. The maximum atomic E-state index is 13.4. The molecule has 0 unspecified atom stereocenters. The van der Waals surface area contributed by atoms with Crippen molar-refractivity contribution in [2.45, 2.75) is 10.7 Å². The Balaban J connectivity index is 1.58. The Hall–Kier alpha value is -3.86. The molecule has 1 aromatic heterocycles. The molecule has 0 saturated carbocycles. The van der Waals surface area contributed by atoms with Gasteiger partial charge in [0.25, 0.3) is 5.91 Å². The molecule has 1 fully saturated rings. The number of nitrogens with zero attached hydrogens (tertiary/aromatic N) is 3. The molecule has 1 aliphatic rings. The first-order chi connectivity index (χ1) is 14.5. The fourth-order valence-corrected chi connectivity index (χ4v) is 3.77. The highest BCUT2D eigenvalue weighted by Gasteiger charge is 2.54. The predicted octanol–water partition coefficient (Wildman–Crippen LogP) is 1.01. The van der Waals surface area contributed by atoms with Crippen molar-refractivity contribution < 1.29 is 14.4 Å². The van der Waals surface area contributed by atoms with E-state index in [1.807, 2.05) is 12.1 Å². The number of nitrogen functional groups attached to an aromatic ring is 1. The Labute approximate surface area is 175 Å². The van der Waals surface area contributed by atoms with Gasteiger partial charge < -0.3 is 11.1 Å². The van der Waals surface area contributed by atoms with Gasteiger partial charge in [0, 0.05) is 0 Å². The number of hydrazine groups is 1. The number of rotatable bonds is 6. The maximum absolute atomic E-state index is 13.4. The fraction of sp³-hybridized carbons (Fsp3) is 0.105. The van der Waals surface area contributed by atoms with E-state index >= 15 is 0 Å². The number of aromatic amines is 1. The van der Waals surface area contributed by atoms with Crippen molar-refractivity contribution in [1.82, 2.24) is 30.9 Å². The van der Waals surface area contributed by atoms with Crippen LogP contribution < -0.4 is 16.5 Å². The molecule has 4 amide bonds. The first kappa shape index (κ1) is 19.5. The Morgan fingerprint density at radius 3 is 2.20 bits per heavy atom. The average Bonchev–Trinajstić information content (AvgIpc) is 3.30. The number of hydrogen-bond acceptors (Lipinski definition) is 7. The standard InChI is InChI=1S/C19H17N7O3S/c20-16-21-17(24-23-16)30-11-14(27)25-26-15(28)19(22-18(26)29,12-7-3-1-4-8-12)13-9-5-2-6-10-13/h1-10H,11H2,(H,22,29)(H,25,27)(H3,20,21,23,24). The highest BCUT2D eigenvalue weighted by molar-refractivity contribution is 7.99. The van der Waals surface area contributed by atoms with Crippen LogP contribution in [0.1, 0.15) is 11.1 Å². The van der Waals surface area contributed by atoms with Crippen molar-refractivity contribution in [2.75, 3.05) is 11.5 Å². The summed E-state index contributed by atoms with van der Waals surface area (Å²) in [6.07, 6.45) is 0. The lowest BCUT2D eigenvalue weighted by Crippen LogP contribution is -2.49. The molecule has 1 saturated heterocycles. The maximum Gasteiger partial charge on any atom is 0.344 e. The summed E-state index contributed by atoms with van der Waals surface area (Å²) in [5.41, 5.74) is 7.52. The molecule has 0 radical (unpaired) electrons. The normalized spacial score (nSPS) is 15.1. The van der Waals surface area contributed by atoms with Crippen LogP contribution in [0, 0.1) is 0 Å². The van der Waals surface area contributed by atoms with Crippen molar-refractivity contribution in [1.29, 1.82) is 0 Å². The van der Waals surface area contributed by atoms with E-state index in [0.29, 0.717) is 16.1 Å². The summed E-state index contributed by atoms with van der Waals surface area (Å²) in [5, 5.41) is 10.0. The van der Waals surface area contributed by atoms with Crippen molar-refractivity contribution in [3.8, 4) is 0 Å². The second-order valence-electron chi connectivity index (χ2n) is 6.38. The average molecular weight is 423 g/mol. The molecular weight excluding hydrogens is 406 g/mol. The third-order valence-electron chi connectivity index (χ3n) is 4.49. The van der Waals surface area contributed by atoms with E-state index in [-0.39, 0.29) is 16.9 Å². The molecule has 2 heterocycles. The molecule has 10 nitrogen and oxygen atoms in total. The number of benzene rings is 2. The summed E-state index contributed by atoms with van der Waals surface area (Å²) in [6, 6.07) is 17.0.